The molecule has 1 aromatic heterocycles. The van der Waals surface area contributed by atoms with Crippen LogP contribution in [0.15, 0.2) is 92.8 Å². The summed E-state index contributed by atoms with van der Waals surface area (Å²) >= 11 is 0. The van der Waals surface area contributed by atoms with Gasteiger partial charge in [-0.1, -0.05) is 36.4 Å². The molecule has 38 heavy (non-hydrogen) atoms. The molecule has 0 aliphatic carbocycles. The van der Waals surface area contributed by atoms with E-state index in [0.717, 1.165) is 29.2 Å². The lowest BCUT2D eigenvalue weighted by atomic mass is 10.1. The van der Waals surface area contributed by atoms with Crippen molar-refractivity contribution in [3.05, 3.63) is 84.2 Å². The van der Waals surface area contributed by atoms with Gasteiger partial charge in [0.2, 0.25) is 0 Å². The van der Waals surface area contributed by atoms with E-state index in [4.69, 9.17) is 0 Å². The highest BCUT2D eigenvalue weighted by Gasteiger charge is 2.18. The molecule has 0 fully saturated rings. The van der Waals surface area contributed by atoms with Gasteiger partial charge in [0.05, 0.1) is 26.5 Å². The number of phenolic OH excluding ortho intramolecular Hbond substituents is 1. The molecular weight excluding hydrogens is 532 g/mol. The van der Waals surface area contributed by atoms with Crippen LogP contribution in [-0.4, -0.2) is 41.0 Å². The predicted octanol–water partition coefficient (Wildman–Crippen LogP) is 4.82. The van der Waals surface area contributed by atoms with Crippen LogP contribution in [-0.2, 0) is 20.2 Å². The van der Waals surface area contributed by atoms with Crippen LogP contribution in [0.2, 0.25) is 0 Å². The van der Waals surface area contributed by atoms with Crippen molar-refractivity contribution in [3.63, 3.8) is 0 Å². The zero-order valence-corrected chi connectivity index (χ0v) is 20.8. The van der Waals surface area contributed by atoms with Crippen molar-refractivity contribution in [1.82, 2.24) is 9.97 Å². The smallest absolute Gasteiger partial charge is 0.161 e. The number of phenols is 1. The molecule has 0 bridgehead atoms. The number of nitrogens with one attached hydrogen (secondary N) is 1. The van der Waals surface area contributed by atoms with Gasteiger partial charge < -0.3 is 19.2 Å². The van der Waals surface area contributed by atoms with E-state index in [1.807, 2.05) is 24.3 Å². The van der Waals surface area contributed by atoms with Crippen molar-refractivity contribution in [2.24, 2.45) is 10.2 Å². The molecule has 0 saturated carbocycles. The van der Waals surface area contributed by atoms with E-state index in [9.17, 15) is 31.0 Å². The van der Waals surface area contributed by atoms with E-state index < -0.39 is 35.8 Å². The van der Waals surface area contributed by atoms with Crippen LogP contribution in [0.3, 0.4) is 0 Å². The number of aromatic nitrogens is 2. The molecular formula is C25H16N4O7S2-2. The molecule has 0 amide bonds. The molecule has 13 heteroatoms. The van der Waals surface area contributed by atoms with E-state index in [0.29, 0.717) is 17.1 Å². The number of rotatable bonds is 6. The van der Waals surface area contributed by atoms with E-state index >= 15 is 0 Å². The van der Waals surface area contributed by atoms with E-state index in [1.165, 1.54) is 6.07 Å². The van der Waals surface area contributed by atoms with Crippen molar-refractivity contribution in [2.75, 3.05) is 0 Å². The maximum atomic E-state index is 11.8. The second-order valence-electron chi connectivity index (χ2n) is 8.09. The van der Waals surface area contributed by atoms with Gasteiger partial charge in [-0.3, -0.25) is 0 Å². The molecule has 192 valence electrons. The number of nitrogens with zero attached hydrogens (tertiary/aromatic N) is 3. The fraction of sp³-hybridized carbons (Fsp3) is 0. The largest absolute Gasteiger partial charge is 0.744 e. The van der Waals surface area contributed by atoms with E-state index in [-0.39, 0.29) is 16.5 Å². The standard InChI is InChI=1S/C25H18N4O7S2/c30-25-22(38(34,35)36)14-16-13-17(37(31,32)33)10-11-18(16)24(25)29-28-19-6-2-1-5-15(19)9-12-23-26-20-7-3-4-8-21(20)27-23/h1-14,30H,(H,26,27)(H,31,32,33)(H,34,35,36)/p-2/b12-9+,29-28?. The van der Waals surface area contributed by atoms with Crippen molar-refractivity contribution < 1.29 is 31.0 Å². The molecule has 1 heterocycles. The fourth-order valence-electron chi connectivity index (χ4n) is 3.82. The third-order valence-corrected chi connectivity index (χ3v) is 7.28. The summed E-state index contributed by atoms with van der Waals surface area (Å²) in [7, 11) is -10.1. The lowest BCUT2D eigenvalue weighted by Gasteiger charge is -2.14. The normalized spacial score (nSPS) is 12.8. The summed E-state index contributed by atoms with van der Waals surface area (Å²) in [5, 5.41) is 18.7. The van der Waals surface area contributed by atoms with Crippen molar-refractivity contribution >= 4 is 65.6 Å². The van der Waals surface area contributed by atoms with Crippen LogP contribution in [0.5, 0.6) is 5.75 Å². The summed E-state index contributed by atoms with van der Waals surface area (Å²) in [6.07, 6.45) is 3.46. The van der Waals surface area contributed by atoms with Crippen LogP contribution < -0.4 is 0 Å². The molecule has 5 rings (SSSR count). The molecule has 5 aromatic rings. The van der Waals surface area contributed by atoms with Gasteiger partial charge in [0, 0.05) is 10.9 Å². The number of para-hydroxylation sites is 2. The Balaban J connectivity index is 1.59. The number of benzene rings is 4. The number of aromatic amines is 1. The molecule has 0 radical (unpaired) electrons. The maximum absolute atomic E-state index is 11.8. The van der Waals surface area contributed by atoms with Crippen LogP contribution in [0.25, 0.3) is 34.0 Å². The summed E-state index contributed by atoms with van der Waals surface area (Å²) in [6, 6.07) is 18.2. The highest BCUT2D eigenvalue weighted by Crippen LogP contribution is 2.42. The second-order valence-corrected chi connectivity index (χ2v) is 10.8. The Kier molecular flexibility index (Phi) is 6.28. The average molecular weight is 549 g/mol. The minimum Gasteiger partial charge on any atom is -0.744 e. The Morgan fingerprint density at radius 2 is 1.58 bits per heavy atom. The SMILES string of the molecule is O=S(=O)([O-])c1ccc2c(N=Nc3ccccc3/C=C/c3nc4ccccc4[nH]3)c(O)c(S(=O)(=O)[O-])cc2c1. The van der Waals surface area contributed by atoms with Crippen molar-refractivity contribution in [2.45, 2.75) is 9.79 Å². The highest BCUT2D eigenvalue weighted by atomic mass is 32.2. The van der Waals surface area contributed by atoms with Gasteiger partial charge in [0.15, 0.2) is 5.75 Å². The van der Waals surface area contributed by atoms with E-state index in [2.05, 4.69) is 20.2 Å². The van der Waals surface area contributed by atoms with Crippen LogP contribution >= 0.6 is 0 Å². The van der Waals surface area contributed by atoms with Gasteiger partial charge >= 0.3 is 0 Å². The molecule has 0 saturated heterocycles. The van der Waals surface area contributed by atoms with Gasteiger partial charge in [0.1, 0.15) is 31.7 Å². The quantitative estimate of drug-likeness (QED) is 0.223. The molecule has 4 aromatic carbocycles. The third-order valence-electron chi connectivity index (χ3n) is 5.60. The molecule has 0 spiro atoms. The van der Waals surface area contributed by atoms with Gasteiger partial charge in [-0.15, -0.1) is 10.2 Å². The van der Waals surface area contributed by atoms with Gasteiger partial charge in [0.25, 0.3) is 0 Å². The number of H-pyrrole nitrogens is 1. The summed E-state index contributed by atoms with van der Waals surface area (Å²) in [4.78, 5) is 5.97. The van der Waals surface area contributed by atoms with Crippen molar-refractivity contribution in [3.8, 4) is 5.75 Å². The number of imidazole rings is 1. The van der Waals surface area contributed by atoms with Crippen molar-refractivity contribution in [1.29, 1.82) is 0 Å². The van der Waals surface area contributed by atoms with Gasteiger partial charge in [-0.25, -0.2) is 21.8 Å². The van der Waals surface area contributed by atoms with Crippen LogP contribution in [0, 0.1) is 0 Å². The first-order valence-corrected chi connectivity index (χ1v) is 13.7. The van der Waals surface area contributed by atoms with Crippen LogP contribution in [0.1, 0.15) is 11.4 Å². The highest BCUT2D eigenvalue weighted by molar-refractivity contribution is 7.86. The molecule has 0 aliphatic rings. The number of hydrogen-bond acceptors (Lipinski definition) is 10. The number of fused-ring (bicyclic) bond motifs is 2. The van der Waals surface area contributed by atoms with Crippen LogP contribution in [0.4, 0.5) is 11.4 Å². The monoisotopic (exact) mass is 548 g/mol. The maximum Gasteiger partial charge on any atom is 0.161 e. The number of aromatic hydroxyl groups is 1. The minimum atomic E-state index is -5.19. The molecule has 0 unspecified atom stereocenters. The first-order chi connectivity index (χ1) is 18.0. The first-order valence-electron chi connectivity index (χ1n) is 10.9. The Morgan fingerprint density at radius 3 is 2.32 bits per heavy atom. The summed E-state index contributed by atoms with van der Waals surface area (Å²) in [5.74, 6) is -0.358. The Hall–Kier alpha value is -4.43. The van der Waals surface area contributed by atoms with Gasteiger partial charge in [-0.2, -0.15) is 0 Å². The lowest BCUT2D eigenvalue weighted by Crippen LogP contribution is -2.01. The Labute approximate surface area is 216 Å². The Morgan fingerprint density at radius 1 is 0.842 bits per heavy atom. The molecule has 0 atom stereocenters. The minimum absolute atomic E-state index is 0.0707. The number of azo groups is 1. The number of hydrogen-bond donors (Lipinski definition) is 2. The Bertz CT molecular complexity index is 1960. The zero-order chi connectivity index (χ0) is 27.1. The topological polar surface area (TPSA) is 188 Å². The third kappa shape index (κ3) is 5.03. The summed E-state index contributed by atoms with van der Waals surface area (Å²) < 4.78 is 69.6. The first kappa shape index (κ1) is 25.2. The fourth-order valence-corrected chi connectivity index (χ4v) is 4.93. The molecule has 11 nitrogen and oxygen atoms in total. The lowest BCUT2D eigenvalue weighted by molar-refractivity contribution is 0.436. The van der Waals surface area contributed by atoms with Gasteiger partial charge in [-0.05, 0) is 53.9 Å². The zero-order valence-electron chi connectivity index (χ0n) is 19.1. The molecule has 0 aliphatic heterocycles. The molecule has 2 N–H and O–H groups in total. The summed E-state index contributed by atoms with van der Waals surface area (Å²) in [5.41, 5.74) is 2.21. The predicted molar refractivity (Wildman–Crippen MR) is 137 cm³/mol. The average Bonchev–Trinajstić information content (AvgIpc) is 3.29. The summed E-state index contributed by atoms with van der Waals surface area (Å²) in [6.45, 7) is 0. The second kappa shape index (κ2) is 9.46. The van der Waals surface area contributed by atoms with E-state index in [1.54, 1.807) is 36.4 Å².